The van der Waals surface area contributed by atoms with E-state index in [1.807, 2.05) is 31.2 Å². The molecule has 0 saturated heterocycles. The number of aryl methyl sites for hydroxylation is 1. The number of nitrogens with one attached hydrogen (secondary N) is 1. The predicted octanol–water partition coefficient (Wildman–Crippen LogP) is 1.96. The van der Waals surface area contributed by atoms with Crippen molar-refractivity contribution in [2.24, 2.45) is 0 Å². The number of carbonyl (C=O) groups excluding carboxylic acids is 3. The van der Waals surface area contributed by atoms with Gasteiger partial charge in [-0.1, -0.05) is 47.1 Å². The number of imide groups is 1. The Balaban J connectivity index is 1.36. The van der Waals surface area contributed by atoms with Gasteiger partial charge in [0.25, 0.3) is 11.8 Å². The third kappa shape index (κ3) is 3.27. The zero-order chi connectivity index (χ0) is 19.7. The highest BCUT2D eigenvalue weighted by molar-refractivity contribution is 6.22. The molecule has 0 saturated carbocycles. The molecular formula is C20H16N4O4. The van der Waals surface area contributed by atoms with Crippen LogP contribution in [0.15, 0.2) is 53.1 Å². The van der Waals surface area contributed by atoms with Gasteiger partial charge in [-0.3, -0.25) is 19.3 Å². The lowest BCUT2D eigenvalue weighted by atomic mass is 10.1. The van der Waals surface area contributed by atoms with Crippen LogP contribution in [0.4, 0.5) is 0 Å². The van der Waals surface area contributed by atoms with Gasteiger partial charge in [0.2, 0.25) is 17.6 Å². The minimum atomic E-state index is -0.496. The maximum Gasteiger partial charge on any atom is 0.262 e. The van der Waals surface area contributed by atoms with Crippen molar-refractivity contribution in [2.45, 2.75) is 13.5 Å². The van der Waals surface area contributed by atoms with Gasteiger partial charge in [0.1, 0.15) is 6.54 Å². The molecule has 0 radical (unpaired) electrons. The fourth-order valence-electron chi connectivity index (χ4n) is 2.90. The van der Waals surface area contributed by atoms with E-state index in [0.29, 0.717) is 17.0 Å². The number of amides is 3. The second-order valence-electron chi connectivity index (χ2n) is 6.40. The van der Waals surface area contributed by atoms with Gasteiger partial charge in [0.15, 0.2) is 0 Å². The van der Waals surface area contributed by atoms with Crippen molar-refractivity contribution >= 4 is 17.7 Å². The van der Waals surface area contributed by atoms with Crippen LogP contribution in [0.5, 0.6) is 0 Å². The van der Waals surface area contributed by atoms with E-state index in [-0.39, 0.29) is 19.0 Å². The van der Waals surface area contributed by atoms with Gasteiger partial charge in [0.05, 0.1) is 17.7 Å². The van der Waals surface area contributed by atoms with Crippen molar-refractivity contribution < 1.29 is 18.9 Å². The van der Waals surface area contributed by atoms with E-state index >= 15 is 0 Å². The summed E-state index contributed by atoms with van der Waals surface area (Å²) in [5.41, 5.74) is 2.53. The summed E-state index contributed by atoms with van der Waals surface area (Å²) in [6.45, 7) is 1.61. The Morgan fingerprint density at radius 2 is 1.68 bits per heavy atom. The second-order valence-corrected chi connectivity index (χ2v) is 6.40. The highest BCUT2D eigenvalue weighted by atomic mass is 16.5. The first kappa shape index (κ1) is 17.6. The molecule has 1 aromatic heterocycles. The van der Waals surface area contributed by atoms with Crippen LogP contribution in [0.3, 0.4) is 0 Å². The fourth-order valence-corrected chi connectivity index (χ4v) is 2.90. The molecule has 8 heteroatoms. The summed E-state index contributed by atoms with van der Waals surface area (Å²) in [5.74, 6) is -0.800. The molecule has 0 spiro atoms. The number of carbonyl (C=O) groups is 3. The Morgan fingerprint density at radius 3 is 2.32 bits per heavy atom. The SMILES string of the molecule is Cc1ccc(-c2noc(CNC(=O)CN3C(=O)c4ccccc4C3=O)n2)cc1. The molecule has 0 unspecified atom stereocenters. The first-order valence-electron chi connectivity index (χ1n) is 8.64. The summed E-state index contributed by atoms with van der Waals surface area (Å²) in [4.78, 5) is 41.9. The Labute approximate surface area is 160 Å². The molecular weight excluding hydrogens is 360 g/mol. The zero-order valence-electron chi connectivity index (χ0n) is 15.0. The van der Waals surface area contributed by atoms with Gasteiger partial charge >= 0.3 is 0 Å². The summed E-state index contributed by atoms with van der Waals surface area (Å²) < 4.78 is 5.14. The van der Waals surface area contributed by atoms with Crippen molar-refractivity contribution in [3.63, 3.8) is 0 Å². The lowest BCUT2D eigenvalue weighted by molar-refractivity contribution is -0.121. The van der Waals surface area contributed by atoms with Crippen LogP contribution in [-0.2, 0) is 11.3 Å². The van der Waals surface area contributed by atoms with Gasteiger partial charge in [0, 0.05) is 5.56 Å². The lowest BCUT2D eigenvalue weighted by Crippen LogP contribution is -2.40. The van der Waals surface area contributed by atoms with Crippen molar-refractivity contribution in [1.82, 2.24) is 20.4 Å². The van der Waals surface area contributed by atoms with Crippen molar-refractivity contribution in [3.8, 4) is 11.4 Å². The number of hydrogen-bond acceptors (Lipinski definition) is 6. The van der Waals surface area contributed by atoms with Crippen molar-refractivity contribution in [2.75, 3.05) is 6.54 Å². The van der Waals surface area contributed by atoms with Crippen LogP contribution in [0.1, 0.15) is 32.2 Å². The minimum absolute atomic E-state index is 0.000857. The molecule has 2 heterocycles. The summed E-state index contributed by atoms with van der Waals surface area (Å²) >= 11 is 0. The van der Waals surface area contributed by atoms with E-state index in [9.17, 15) is 14.4 Å². The summed E-state index contributed by atoms with van der Waals surface area (Å²) in [6.07, 6.45) is 0. The first-order valence-corrected chi connectivity index (χ1v) is 8.64. The molecule has 1 N–H and O–H groups in total. The molecule has 0 bridgehead atoms. The third-order valence-electron chi connectivity index (χ3n) is 4.39. The third-order valence-corrected chi connectivity index (χ3v) is 4.39. The van der Waals surface area contributed by atoms with E-state index in [1.165, 1.54) is 0 Å². The summed E-state index contributed by atoms with van der Waals surface area (Å²) in [7, 11) is 0. The van der Waals surface area contributed by atoms with Crippen LogP contribution in [0, 0.1) is 6.92 Å². The standard InChI is InChI=1S/C20H16N4O4/c1-12-6-8-13(9-7-12)18-22-17(28-23-18)10-21-16(25)11-24-19(26)14-4-2-3-5-15(14)20(24)27/h2-9H,10-11H2,1H3,(H,21,25). The van der Waals surface area contributed by atoms with E-state index in [1.54, 1.807) is 24.3 Å². The van der Waals surface area contributed by atoms with E-state index < -0.39 is 17.7 Å². The Bertz CT molecular complexity index is 1040. The van der Waals surface area contributed by atoms with Crippen LogP contribution in [0.2, 0.25) is 0 Å². The number of fused-ring (bicyclic) bond motifs is 1. The molecule has 1 aliphatic heterocycles. The molecule has 0 aliphatic carbocycles. The van der Waals surface area contributed by atoms with Gasteiger partial charge in [-0.15, -0.1) is 0 Å². The second kappa shape index (κ2) is 7.07. The Hall–Kier alpha value is -3.81. The molecule has 140 valence electrons. The fraction of sp³-hybridized carbons (Fsp3) is 0.150. The summed E-state index contributed by atoms with van der Waals surface area (Å²) in [6, 6.07) is 14.1. The smallest absolute Gasteiger partial charge is 0.262 e. The average Bonchev–Trinajstić information content (AvgIpc) is 3.27. The maximum atomic E-state index is 12.3. The van der Waals surface area contributed by atoms with E-state index in [4.69, 9.17) is 4.52 Å². The van der Waals surface area contributed by atoms with Crippen LogP contribution < -0.4 is 5.32 Å². The van der Waals surface area contributed by atoms with Crippen LogP contribution in [0.25, 0.3) is 11.4 Å². The van der Waals surface area contributed by atoms with Gasteiger partial charge in [-0.05, 0) is 19.1 Å². The summed E-state index contributed by atoms with van der Waals surface area (Å²) in [5, 5.41) is 6.48. The topological polar surface area (TPSA) is 105 Å². The number of benzene rings is 2. The monoisotopic (exact) mass is 376 g/mol. The maximum absolute atomic E-state index is 12.3. The Kier molecular flexibility index (Phi) is 4.44. The molecule has 0 atom stereocenters. The number of hydrogen-bond donors (Lipinski definition) is 1. The Morgan fingerprint density at radius 1 is 1.04 bits per heavy atom. The number of nitrogens with zero attached hydrogens (tertiary/aromatic N) is 3. The quantitative estimate of drug-likeness (QED) is 0.683. The van der Waals surface area contributed by atoms with E-state index in [2.05, 4.69) is 15.5 Å². The molecule has 0 fully saturated rings. The van der Waals surface area contributed by atoms with Gasteiger partial charge < -0.3 is 9.84 Å². The molecule has 1 aliphatic rings. The minimum Gasteiger partial charge on any atom is -0.345 e. The predicted molar refractivity (Wildman–Crippen MR) is 98.1 cm³/mol. The highest BCUT2D eigenvalue weighted by Crippen LogP contribution is 2.22. The van der Waals surface area contributed by atoms with Gasteiger partial charge in [-0.25, -0.2) is 0 Å². The normalized spacial score (nSPS) is 13.0. The van der Waals surface area contributed by atoms with Crippen LogP contribution >= 0.6 is 0 Å². The highest BCUT2D eigenvalue weighted by Gasteiger charge is 2.36. The zero-order valence-corrected chi connectivity index (χ0v) is 15.0. The molecule has 8 nitrogen and oxygen atoms in total. The molecule has 2 aromatic carbocycles. The molecule has 28 heavy (non-hydrogen) atoms. The number of rotatable bonds is 5. The van der Waals surface area contributed by atoms with Crippen LogP contribution in [-0.4, -0.2) is 39.3 Å². The molecule has 4 rings (SSSR count). The lowest BCUT2D eigenvalue weighted by Gasteiger charge is -2.12. The van der Waals surface area contributed by atoms with Gasteiger partial charge in [-0.2, -0.15) is 4.98 Å². The van der Waals surface area contributed by atoms with E-state index in [0.717, 1.165) is 16.0 Å². The number of aromatic nitrogens is 2. The molecule has 3 amide bonds. The molecule has 3 aromatic rings. The van der Waals surface area contributed by atoms with Crippen molar-refractivity contribution in [1.29, 1.82) is 0 Å². The largest absolute Gasteiger partial charge is 0.345 e. The average molecular weight is 376 g/mol. The first-order chi connectivity index (χ1) is 13.5. The van der Waals surface area contributed by atoms with Crippen molar-refractivity contribution in [3.05, 3.63) is 71.1 Å².